The van der Waals surface area contributed by atoms with E-state index in [1.54, 1.807) is 6.92 Å². The van der Waals surface area contributed by atoms with E-state index in [9.17, 15) is 4.79 Å². The van der Waals surface area contributed by atoms with Crippen molar-refractivity contribution in [2.24, 2.45) is 0 Å². The van der Waals surface area contributed by atoms with E-state index in [-0.39, 0.29) is 5.97 Å². The number of hydrogen-bond donors (Lipinski definition) is 0. The van der Waals surface area contributed by atoms with Crippen LogP contribution in [-0.2, 0) is 17.7 Å². The molecular weight excluding hydrogens is 240 g/mol. The molecule has 0 unspecified atom stereocenters. The zero-order chi connectivity index (χ0) is 13.2. The summed E-state index contributed by atoms with van der Waals surface area (Å²) >= 11 is 0. The Labute approximate surface area is 112 Å². The molecule has 0 atom stereocenters. The zero-order valence-electron chi connectivity index (χ0n) is 10.9. The van der Waals surface area contributed by atoms with Gasteiger partial charge < -0.3 is 4.74 Å². The fourth-order valence-electron chi connectivity index (χ4n) is 2.52. The van der Waals surface area contributed by atoms with Gasteiger partial charge in [0.15, 0.2) is 5.69 Å². The summed E-state index contributed by atoms with van der Waals surface area (Å²) in [5, 5.41) is 4.37. The molecule has 98 valence electrons. The fraction of sp³-hybridized carbons (Fsp3) is 0.333. The summed E-state index contributed by atoms with van der Waals surface area (Å²) in [6, 6.07) is 10.1. The minimum absolute atomic E-state index is 0.347. The van der Waals surface area contributed by atoms with Crippen LogP contribution in [0.3, 0.4) is 0 Å². The standard InChI is InChI=1S/C15H16N2O2/c1-2-19-15(18)13-10-14-12-8-4-3-6-11(12)7-5-9-17(14)16-13/h3-4,6,8,10H,2,5,7,9H2,1H3. The van der Waals surface area contributed by atoms with Crippen molar-refractivity contribution in [3.05, 3.63) is 41.6 Å². The number of esters is 1. The van der Waals surface area contributed by atoms with Gasteiger partial charge in [0.25, 0.3) is 0 Å². The zero-order valence-corrected chi connectivity index (χ0v) is 10.9. The average molecular weight is 256 g/mol. The molecule has 1 aliphatic heterocycles. The predicted molar refractivity (Wildman–Crippen MR) is 71.9 cm³/mol. The van der Waals surface area contributed by atoms with Crippen molar-refractivity contribution in [2.45, 2.75) is 26.3 Å². The van der Waals surface area contributed by atoms with E-state index in [1.807, 2.05) is 16.8 Å². The largest absolute Gasteiger partial charge is 0.461 e. The highest BCUT2D eigenvalue weighted by molar-refractivity contribution is 5.89. The van der Waals surface area contributed by atoms with Gasteiger partial charge in [-0.15, -0.1) is 0 Å². The van der Waals surface area contributed by atoms with Gasteiger partial charge in [-0.1, -0.05) is 24.3 Å². The molecule has 19 heavy (non-hydrogen) atoms. The summed E-state index contributed by atoms with van der Waals surface area (Å²) in [6.07, 6.45) is 2.09. The maximum Gasteiger partial charge on any atom is 0.358 e. The van der Waals surface area contributed by atoms with Crippen LogP contribution in [0.2, 0.25) is 0 Å². The van der Waals surface area contributed by atoms with Crippen molar-refractivity contribution in [3.63, 3.8) is 0 Å². The van der Waals surface area contributed by atoms with Crippen LogP contribution in [0.1, 0.15) is 29.4 Å². The Bertz CT molecular complexity index is 616. The van der Waals surface area contributed by atoms with Crippen molar-refractivity contribution in [3.8, 4) is 11.3 Å². The predicted octanol–water partition coefficient (Wildman–Crippen LogP) is 2.67. The number of aromatic nitrogens is 2. The number of aryl methyl sites for hydroxylation is 2. The molecule has 3 rings (SSSR count). The normalized spacial score (nSPS) is 13.3. The Morgan fingerprint density at radius 1 is 1.42 bits per heavy atom. The maximum absolute atomic E-state index is 11.8. The van der Waals surface area contributed by atoms with E-state index >= 15 is 0 Å². The topological polar surface area (TPSA) is 44.1 Å². The second-order valence-electron chi connectivity index (χ2n) is 4.62. The molecule has 0 amide bonds. The molecule has 1 aromatic carbocycles. The molecule has 0 bridgehead atoms. The van der Waals surface area contributed by atoms with Gasteiger partial charge in [-0.05, 0) is 31.4 Å². The number of rotatable bonds is 2. The Balaban J connectivity index is 2.06. The summed E-state index contributed by atoms with van der Waals surface area (Å²) < 4.78 is 6.92. The summed E-state index contributed by atoms with van der Waals surface area (Å²) in [6.45, 7) is 3.01. The molecule has 0 spiro atoms. The number of ether oxygens (including phenoxy) is 1. The van der Waals surface area contributed by atoms with Crippen LogP contribution < -0.4 is 0 Å². The van der Waals surface area contributed by atoms with Crippen molar-refractivity contribution < 1.29 is 9.53 Å². The lowest BCUT2D eigenvalue weighted by atomic mass is 10.0. The minimum atomic E-state index is -0.347. The quantitative estimate of drug-likeness (QED) is 0.776. The second-order valence-corrected chi connectivity index (χ2v) is 4.62. The van der Waals surface area contributed by atoms with E-state index in [2.05, 4.69) is 23.3 Å². The van der Waals surface area contributed by atoms with Crippen LogP contribution >= 0.6 is 0 Å². The third kappa shape index (κ3) is 2.14. The Morgan fingerprint density at radius 3 is 3.11 bits per heavy atom. The third-order valence-corrected chi connectivity index (χ3v) is 3.37. The molecule has 0 saturated carbocycles. The molecule has 0 aliphatic carbocycles. The first-order chi connectivity index (χ1) is 9.29. The van der Waals surface area contributed by atoms with Gasteiger partial charge in [0.2, 0.25) is 0 Å². The van der Waals surface area contributed by atoms with E-state index in [1.165, 1.54) is 11.1 Å². The smallest absolute Gasteiger partial charge is 0.358 e. The molecule has 1 aromatic heterocycles. The number of carbonyl (C=O) groups is 1. The molecule has 2 heterocycles. The van der Waals surface area contributed by atoms with E-state index in [4.69, 9.17) is 4.74 Å². The van der Waals surface area contributed by atoms with Gasteiger partial charge in [0.05, 0.1) is 12.3 Å². The molecule has 0 saturated heterocycles. The van der Waals surface area contributed by atoms with E-state index in [0.717, 1.165) is 25.1 Å². The van der Waals surface area contributed by atoms with Crippen LogP contribution in [0.4, 0.5) is 0 Å². The van der Waals surface area contributed by atoms with E-state index in [0.29, 0.717) is 12.3 Å². The number of nitrogens with zero attached hydrogens (tertiary/aromatic N) is 2. The Morgan fingerprint density at radius 2 is 2.26 bits per heavy atom. The monoisotopic (exact) mass is 256 g/mol. The number of hydrogen-bond acceptors (Lipinski definition) is 3. The fourth-order valence-corrected chi connectivity index (χ4v) is 2.52. The Hall–Kier alpha value is -2.10. The maximum atomic E-state index is 11.8. The lowest BCUT2D eigenvalue weighted by molar-refractivity contribution is 0.0518. The van der Waals surface area contributed by atoms with Crippen molar-refractivity contribution in [1.29, 1.82) is 0 Å². The molecule has 2 aromatic rings. The summed E-state index contributed by atoms with van der Waals surface area (Å²) in [5.74, 6) is -0.347. The molecule has 1 aliphatic rings. The molecule has 4 heteroatoms. The Kier molecular flexibility index (Phi) is 3.07. The number of benzene rings is 1. The number of carbonyl (C=O) groups excluding carboxylic acids is 1. The van der Waals surface area contributed by atoms with Crippen LogP contribution in [-0.4, -0.2) is 22.4 Å². The van der Waals surface area contributed by atoms with Crippen LogP contribution in [0.15, 0.2) is 30.3 Å². The highest BCUT2D eigenvalue weighted by Crippen LogP contribution is 2.28. The van der Waals surface area contributed by atoms with Gasteiger partial charge in [-0.25, -0.2) is 4.79 Å². The number of fused-ring (bicyclic) bond motifs is 3. The van der Waals surface area contributed by atoms with Gasteiger partial charge in [0.1, 0.15) is 0 Å². The van der Waals surface area contributed by atoms with Crippen molar-refractivity contribution in [1.82, 2.24) is 9.78 Å². The lowest BCUT2D eigenvalue weighted by Gasteiger charge is -2.04. The first-order valence-corrected chi connectivity index (χ1v) is 6.63. The van der Waals surface area contributed by atoms with Gasteiger partial charge in [0, 0.05) is 12.1 Å². The highest BCUT2D eigenvalue weighted by atomic mass is 16.5. The van der Waals surface area contributed by atoms with Crippen molar-refractivity contribution >= 4 is 5.97 Å². The minimum Gasteiger partial charge on any atom is -0.461 e. The molecule has 0 N–H and O–H groups in total. The molecule has 4 nitrogen and oxygen atoms in total. The first kappa shape index (κ1) is 12.0. The SMILES string of the molecule is CCOC(=O)c1cc2n(n1)CCCc1ccccc1-2. The molecule has 0 fully saturated rings. The van der Waals surface area contributed by atoms with Crippen LogP contribution in [0.25, 0.3) is 11.3 Å². The van der Waals surface area contributed by atoms with Crippen molar-refractivity contribution in [2.75, 3.05) is 6.61 Å². The van der Waals surface area contributed by atoms with E-state index < -0.39 is 0 Å². The third-order valence-electron chi connectivity index (χ3n) is 3.37. The molecule has 0 radical (unpaired) electrons. The van der Waals surface area contributed by atoms with Gasteiger partial charge >= 0.3 is 5.97 Å². The summed E-state index contributed by atoms with van der Waals surface area (Å²) in [5.41, 5.74) is 3.89. The van der Waals surface area contributed by atoms with Crippen LogP contribution in [0, 0.1) is 0 Å². The molecular formula is C15H16N2O2. The lowest BCUT2D eigenvalue weighted by Crippen LogP contribution is -2.07. The average Bonchev–Trinajstić information content (AvgIpc) is 2.77. The second kappa shape index (κ2) is 4.88. The van der Waals surface area contributed by atoms with Gasteiger partial charge in [-0.2, -0.15) is 5.10 Å². The first-order valence-electron chi connectivity index (χ1n) is 6.63. The summed E-state index contributed by atoms with van der Waals surface area (Å²) in [7, 11) is 0. The van der Waals surface area contributed by atoms with Gasteiger partial charge in [-0.3, -0.25) is 4.68 Å². The highest BCUT2D eigenvalue weighted by Gasteiger charge is 2.19. The summed E-state index contributed by atoms with van der Waals surface area (Å²) in [4.78, 5) is 11.8. The van der Waals surface area contributed by atoms with Crippen LogP contribution in [0.5, 0.6) is 0 Å².